The maximum atomic E-state index is 12.0. The first kappa shape index (κ1) is 14.8. The topological polar surface area (TPSA) is 55.1 Å². The van der Waals surface area contributed by atoms with E-state index in [2.05, 4.69) is 21.2 Å². The third kappa shape index (κ3) is 4.56. The van der Waals surface area contributed by atoms with E-state index in [0.717, 1.165) is 5.56 Å². The number of benzene rings is 1. The van der Waals surface area contributed by atoms with Crippen molar-refractivity contribution in [2.24, 2.45) is 0 Å². The maximum absolute atomic E-state index is 12.0. The lowest BCUT2D eigenvalue weighted by atomic mass is 10.2. The van der Waals surface area contributed by atoms with Gasteiger partial charge in [-0.25, -0.2) is 0 Å². The molecule has 0 aliphatic heterocycles. The van der Waals surface area contributed by atoms with Gasteiger partial charge in [0, 0.05) is 10.9 Å². The molecule has 0 bridgehead atoms. The molecule has 0 unspecified atom stereocenters. The predicted octanol–water partition coefficient (Wildman–Crippen LogP) is 3.62. The highest BCUT2D eigenvalue weighted by Crippen LogP contribution is 2.30. The summed E-state index contributed by atoms with van der Waals surface area (Å²) in [7, 11) is 0. The predicted molar refractivity (Wildman–Crippen MR) is 67.2 cm³/mol. The normalized spacial score (nSPS) is 11.4. The Balaban J connectivity index is 2.71. The second kappa shape index (κ2) is 5.60. The molecule has 0 atom stereocenters. The van der Waals surface area contributed by atoms with E-state index in [1.807, 2.05) is 6.92 Å². The number of amides is 1. The van der Waals surface area contributed by atoms with Crippen molar-refractivity contribution < 1.29 is 18.0 Å². The molecule has 0 heterocycles. The van der Waals surface area contributed by atoms with Crippen LogP contribution in [-0.2, 0) is 4.79 Å². The minimum absolute atomic E-state index is 0.299. The van der Waals surface area contributed by atoms with Crippen molar-refractivity contribution in [3.8, 4) is 0 Å². The third-order valence-electron chi connectivity index (χ3n) is 2.17. The number of halogens is 4. The summed E-state index contributed by atoms with van der Waals surface area (Å²) in [5.41, 5.74) is 7.17. The Bertz CT molecular complexity index is 437. The van der Waals surface area contributed by atoms with E-state index in [1.165, 1.54) is 0 Å². The zero-order chi connectivity index (χ0) is 13.9. The lowest BCUT2D eigenvalue weighted by Gasteiger charge is -2.12. The Hall–Kier alpha value is -1.24. The number of alkyl halides is 3. The van der Waals surface area contributed by atoms with Crippen LogP contribution in [0.2, 0.25) is 0 Å². The highest BCUT2D eigenvalue weighted by atomic mass is 79.9. The lowest BCUT2D eigenvalue weighted by molar-refractivity contribution is -0.142. The molecule has 0 aliphatic carbocycles. The Kier molecular flexibility index (Phi) is 4.61. The second-order valence-corrected chi connectivity index (χ2v) is 4.73. The summed E-state index contributed by atoms with van der Waals surface area (Å²) in [6.45, 7) is 1.82. The van der Waals surface area contributed by atoms with Gasteiger partial charge in [0.2, 0.25) is 5.91 Å². The van der Waals surface area contributed by atoms with Crippen LogP contribution >= 0.6 is 15.9 Å². The van der Waals surface area contributed by atoms with Crippen molar-refractivity contribution in [1.82, 2.24) is 0 Å². The standard InChI is InChI=1S/C11H12BrF3N2O/c1-6-4-7(12)10(8(16)5-6)17-9(18)2-3-11(13,14)15/h4-5H,2-3,16H2,1H3,(H,17,18). The maximum Gasteiger partial charge on any atom is 0.389 e. The Morgan fingerprint density at radius 1 is 1.44 bits per heavy atom. The summed E-state index contributed by atoms with van der Waals surface area (Å²) in [6.07, 6.45) is -6.11. The van der Waals surface area contributed by atoms with E-state index < -0.39 is 24.9 Å². The molecule has 1 amide bonds. The van der Waals surface area contributed by atoms with Crippen molar-refractivity contribution in [2.75, 3.05) is 11.1 Å². The van der Waals surface area contributed by atoms with Gasteiger partial charge in [-0.3, -0.25) is 4.79 Å². The number of hydrogen-bond donors (Lipinski definition) is 2. The molecule has 0 aromatic heterocycles. The number of anilines is 2. The van der Waals surface area contributed by atoms with Crippen molar-refractivity contribution in [3.05, 3.63) is 22.2 Å². The van der Waals surface area contributed by atoms with Crippen LogP contribution < -0.4 is 11.1 Å². The molecule has 0 saturated carbocycles. The summed E-state index contributed by atoms with van der Waals surface area (Å²) in [5, 5.41) is 2.37. The molecular weight excluding hydrogens is 313 g/mol. The fourth-order valence-electron chi connectivity index (χ4n) is 1.36. The van der Waals surface area contributed by atoms with Gasteiger partial charge in [-0.2, -0.15) is 13.2 Å². The van der Waals surface area contributed by atoms with Gasteiger partial charge in [-0.05, 0) is 40.5 Å². The number of carbonyl (C=O) groups excluding carboxylic acids is 1. The summed E-state index contributed by atoms with van der Waals surface area (Å²) in [6, 6.07) is 3.35. The number of carbonyl (C=O) groups is 1. The zero-order valence-electron chi connectivity index (χ0n) is 9.57. The summed E-state index contributed by atoms with van der Waals surface area (Å²) in [5.74, 6) is -0.719. The molecule has 3 nitrogen and oxygen atoms in total. The molecule has 0 saturated heterocycles. The first-order valence-electron chi connectivity index (χ1n) is 5.11. The molecule has 1 aromatic carbocycles. The average Bonchev–Trinajstić information content (AvgIpc) is 2.19. The smallest absolute Gasteiger partial charge is 0.389 e. The molecule has 1 aromatic rings. The molecule has 1 rings (SSSR count). The van der Waals surface area contributed by atoms with Gasteiger partial charge in [0.05, 0.1) is 17.8 Å². The molecule has 100 valence electrons. The van der Waals surface area contributed by atoms with Crippen molar-refractivity contribution in [3.63, 3.8) is 0 Å². The van der Waals surface area contributed by atoms with E-state index in [4.69, 9.17) is 5.73 Å². The Labute approximate surface area is 111 Å². The third-order valence-corrected chi connectivity index (χ3v) is 2.79. The van der Waals surface area contributed by atoms with Gasteiger partial charge in [-0.1, -0.05) is 0 Å². The zero-order valence-corrected chi connectivity index (χ0v) is 11.2. The van der Waals surface area contributed by atoms with Crippen LogP contribution in [-0.4, -0.2) is 12.1 Å². The van der Waals surface area contributed by atoms with Crippen LogP contribution in [0.3, 0.4) is 0 Å². The summed E-state index contributed by atoms with van der Waals surface area (Å²) in [4.78, 5) is 11.4. The minimum Gasteiger partial charge on any atom is -0.397 e. The van der Waals surface area contributed by atoms with E-state index in [1.54, 1.807) is 12.1 Å². The molecule has 0 fully saturated rings. The number of nitrogen functional groups attached to an aromatic ring is 1. The lowest BCUT2D eigenvalue weighted by Crippen LogP contribution is -2.17. The molecule has 0 aliphatic rings. The van der Waals surface area contributed by atoms with E-state index in [0.29, 0.717) is 15.8 Å². The summed E-state index contributed by atoms with van der Waals surface area (Å²) >= 11 is 3.20. The number of nitrogens with two attached hydrogens (primary N) is 1. The number of aryl methyl sites for hydroxylation is 1. The van der Waals surface area contributed by atoms with Crippen LogP contribution in [0.4, 0.5) is 24.5 Å². The van der Waals surface area contributed by atoms with Gasteiger partial charge in [0.15, 0.2) is 0 Å². The molecule has 0 spiro atoms. The molecule has 3 N–H and O–H groups in total. The quantitative estimate of drug-likeness (QED) is 0.834. The van der Waals surface area contributed by atoms with Crippen LogP contribution in [0.5, 0.6) is 0 Å². The minimum atomic E-state index is -4.34. The first-order valence-corrected chi connectivity index (χ1v) is 5.90. The van der Waals surface area contributed by atoms with Crippen molar-refractivity contribution in [1.29, 1.82) is 0 Å². The Morgan fingerprint density at radius 3 is 2.56 bits per heavy atom. The fraction of sp³-hybridized carbons (Fsp3) is 0.364. The molecule has 18 heavy (non-hydrogen) atoms. The SMILES string of the molecule is Cc1cc(N)c(NC(=O)CCC(F)(F)F)c(Br)c1. The average molecular weight is 325 g/mol. The van der Waals surface area contributed by atoms with Crippen LogP contribution in [0.15, 0.2) is 16.6 Å². The van der Waals surface area contributed by atoms with Gasteiger partial charge < -0.3 is 11.1 Å². The van der Waals surface area contributed by atoms with Crippen LogP contribution in [0.1, 0.15) is 18.4 Å². The summed E-state index contributed by atoms with van der Waals surface area (Å²) < 4.78 is 36.4. The Morgan fingerprint density at radius 2 is 2.06 bits per heavy atom. The van der Waals surface area contributed by atoms with E-state index >= 15 is 0 Å². The van der Waals surface area contributed by atoms with E-state index in [9.17, 15) is 18.0 Å². The number of rotatable bonds is 3. The number of hydrogen-bond acceptors (Lipinski definition) is 2. The molecule has 7 heteroatoms. The van der Waals surface area contributed by atoms with Gasteiger partial charge in [0.25, 0.3) is 0 Å². The molecular formula is C11H12BrF3N2O. The fourth-order valence-corrected chi connectivity index (χ4v) is 2.05. The molecule has 0 radical (unpaired) electrons. The largest absolute Gasteiger partial charge is 0.397 e. The van der Waals surface area contributed by atoms with Crippen molar-refractivity contribution >= 4 is 33.2 Å². The van der Waals surface area contributed by atoms with E-state index in [-0.39, 0.29) is 0 Å². The van der Waals surface area contributed by atoms with Crippen LogP contribution in [0, 0.1) is 6.92 Å². The van der Waals surface area contributed by atoms with Gasteiger partial charge >= 0.3 is 6.18 Å². The monoisotopic (exact) mass is 324 g/mol. The first-order chi connectivity index (χ1) is 8.19. The highest BCUT2D eigenvalue weighted by Gasteiger charge is 2.28. The van der Waals surface area contributed by atoms with Gasteiger partial charge in [-0.15, -0.1) is 0 Å². The van der Waals surface area contributed by atoms with Gasteiger partial charge in [0.1, 0.15) is 0 Å². The van der Waals surface area contributed by atoms with Crippen molar-refractivity contribution in [2.45, 2.75) is 25.9 Å². The second-order valence-electron chi connectivity index (χ2n) is 3.87. The number of nitrogens with one attached hydrogen (secondary N) is 1. The van der Waals surface area contributed by atoms with Crippen LogP contribution in [0.25, 0.3) is 0 Å². The highest BCUT2D eigenvalue weighted by molar-refractivity contribution is 9.10.